The molecule has 4 heterocycles. The largest absolute Gasteiger partial charge is 0.310 e. The Morgan fingerprint density at radius 2 is 2.07 bits per heavy atom. The Morgan fingerprint density at radius 3 is 2.83 bits per heavy atom. The molecule has 1 saturated heterocycles. The van der Waals surface area contributed by atoms with E-state index in [1.54, 1.807) is 29.5 Å². The third-order valence-corrected chi connectivity index (χ3v) is 6.23. The molecule has 0 bridgehead atoms. The zero-order chi connectivity index (χ0) is 21.1. The molecule has 0 radical (unpaired) electrons. The van der Waals surface area contributed by atoms with Crippen LogP contribution in [0.2, 0.25) is 0 Å². The molecule has 1 N–H and O–H groups in total. The summed E-state index contributed by atoms with van der Waals surface area (Å²) in [6.07, 6.45) is 1.73. The van der Waals surface area contributed by atoms with Crippen molar-refractivity contribution in [1.29, 1.82) is 0 Å². The van der Waals surface area contributed by atoms with E-state index in [1.165, 1.54) is 9.56 Å². The van der Waals surface area contributed by atoms with E-state index in [1.807, 2.05) is 31.2 Å². The summed E-state index contributed by atoms with van der Waals surface area (Å²) < 4.78 is 1.49. The molecule has 3 aromatic heterocycles. The molecule has 0 aromatic carbocycles. The van der Waals surface area contributed by atoms with Gasteiger partial charge in [0, 0.05) is 23.2 Å². The quantitative estimate of drug-likeness (QED) is 0.681. The molecule has 30 heavy (non-hydrogen) atoms. The highest BCUT2D eigenvalue weighted by atomic mass is 32.1. The van der Waals surface area contributed by atoms with Gasteiger partial charge in [0.05, 0.1) is 17.5 Å². The van der Waals surface area contributed by atoms with E-state index in [4.69, 9.17) is 0 Å². The lowest BCUT2D eigenvalue weighted by Gasteiger charge is -2.31. The minimum absolute atomic E-state index is 0.0269. The van der Waals surface area contributed by atoms with Crippen molar-refractivity contribution in [3.05, 3.63) is 63.4 Å². The van der Waals surface area contributed by atoms with E-state index in [0.29, 0.717) is 19.0 Å². The molecule has 3 aromatic rings. The number of nitrogens with one attached hydrogen (secondary N) is 1. The van der Waals surface area contributed by atoms with Crippen LogP contribution < -0.4 is 10.9 Å². The molecule has 1 aliphatic heterocycles. The van der Waals surface area contributed by atoms with Crippen molar-refractivity contribution < 1.29 is 4.79 Å². The van der Waals surface area contributed by atoms with E-state index < -0.39 is 0 Å². The maximum Gasteiger partial charge on any atom is 0.268 e. The van der Waals surface area contributed by atoms with E-state index in [2.05, 4.69) is 27.2 Å². The molecule has 1 amide bonds. The van der Waals surface area contributed by atoms with Crippen molar-refractivity contribution in [2.75, 3.05) is 18.4 Å². The number of pyridine rings is 1. The number of carbonyl (C=O) groups excluding carboxylic acids is 1. The highest BCUT2D eigenvalue weighted by molar-refractivity contribution is 7.15. The third-order valence-electron chi connectivity index (χ3n) is 5.21. The SMILES string of the molecule is Cc1cccc(NC(=O)C2CCCN(Cn3nc(-c4ccc(C)s4)ccc3=O)C2)n1. The van der Waals surface area contributed by atoms with Gasteiger partial charge >= 0.3 is 0 Å². The smallest absolute Gasteiger partial charge is 0.268 e. The zero-order valence-corrected chi connectivity index (χ0v) is 18.0. The summed E-state index contributed by atoms with van der Waals surface area (Å²) in [5.74, 6) is 0.412. The fourth-order valence-electron chi connectivity index (χ4n) is 3.68. The van der Waals surface area contributed by atoms with Crippen molar-refractivity contribution in [3.63, 3.8) is 0 Å². The van der Waals surface area contributed by atoms with Crippen LogP contribution in [0.3, 0.4) is 0 Å². The number of hydrogen-bond acceptors (Lipinski definition) is 6. The third kappa shape index (κ3) is 4.83. The van der Waals surface area contributed by atoms with Crippen LogP contribution in [0.1, 0.15) is 23.4 Å². The van der Waals surface area contributed by atoms with Gasteiger partial charge in [-0.15, -0.1) is 11.3 Å². The van der Waals surface area contributed by atoms with Gasteiger partial charge < -0.3 is 5.32 Å². The molecule has 4 rings (SSSR count). The summed E-state index contributed by atoms with van der Waals surface area (Å²) in [5, 5.41) is 7.48. The van der Waals surface area contributed by atoms with Crippen LogP contribution in [-0.4, -0.2) is 38.7 Å². The van der Waals surface area contributed by atoms with Crippen molar-refractivity contribution in [1.82, 2.24) is 19.7 Å². The maximum absolute atomic E-state index is 12.7. The topological polar surface area (TPSA) is 80.1 Å². The van der Waals surface area contributed by atoms with Gasteiger partial charge in [-0.25, -0.2) is 9.67 Å². The first-order valence-corrected chi connectivity index (χ1v) is 10.9. The van der Waals surface area contributed by atoms with Crippen molar-refractivity contribution in [2.24, 2.45) is 5.92 Å². The standard InChI is InChI=1S/C22H25N5O2S/c1-15-5-3-7-20(23-15)24-22(29)17-6-4-12-26(13-17)14-27-21(28)11-9-18(25-27)19-10-8-16(2)30-19/h3,5,7-11,17H,4,6,12-14H2,1-2H3,(H,23,24,29). The number of aryl methyl sites for hydroxylation is 2. The zero-order valence-electron chi connectivity index (χ0n) is 17.2. The van der Waals surface area contributed by atoms with Gasteiger partial charge in [-0.2, -0.15) is 5.10 Å². The van der Waals surface area contributed by atoms with Crippen LogP contribution in [0, 0.1) is 19.8 Å². The normalized spacial score (nSPS) is 17.1. The first-order valence-electron chi connectivity index (χ1n) is 10.1. The lowest BCUT2D eigenvalue weighted by molar-refractivity contribution is -0.121. The Labute approximate surface area is 179 Å². The minimum atomic E-state index is -0.139. The van der Waals surface area contributed by atoms with E-state index in [0.717, 1.165) is 35.7 Å². The summed E-state index contributed by atoms with van der Waals surface area (Å²) in [6, 6.07) is 13.0. The van der Waals surface area contributed by atoms with Gasteiger partial charge in [0.25, 0.3) is 5.56 Å². The number of piperidine rings is 1. The second-order valence-electron chi connectivity index (χ2n) is 7.68. The molecule has 156 valence electrons. The number of carbonyl (C=O) groups is 1. The molecule has 0 saturated carbocycles. The van der Waals surface area contributed by atoms with Gasteiger partial charge in [-0.1, -0.05) is 6.07 Å². The number of likely N-dealkylation sites (tertiary alicyclic amines) is 1. The number of rotatable bonds is 5. The monoisotopic (exact) mass is 423 g/mol. The first-order chi connectivity index (χ1) is 14.5. The van der Waals surface area contributed by atoms with Crippen molar-refractivity contribution in [3.8, 4) is 10.6 Å². The molecule has 1 atom stereocenters. The Balaban J connectivity index is 1.44. The van der Waals surface area contributed by atoms with Crippen molar-refractivity contribution in [2.45, 2.75) is 33.4 Å². The van der Waals surface area contributed by atoms with Gasteiger partial charge in [0.1, 0.15) is 11.5 Å². The molecule has 7 nitrogen and oxygen atoms in total. The van der Waals surface area contributed by atoms with Crippen LogP contribution >= 0.6 is 11.3 Å². The highest BCUT2D eigenvalue weighted by Gasteiger charge is 2.26. The second kappa shape index (κ2) is 8.89. The molecule has 1 fully saturated rings. The predicted octanol–water partition coefficient (Wildman–Crippen LogP) is 3.29. The Kier molecular flexibility index (Phi) is 6.06. The Hall–Kier alpha value is -2.84. The van der Waals surface area contributed by atoms with E-state index in [9.17, 15) is 9.59 Å². The average molecular weight is 424 g/mol. The molecule has 1 aliphatic rings. The van der Waals surface area contributed by atoms with Crippen LogP contribution in [0.25, 0.3) is 10.6 Å². The molecule has 8 heteroatoms. The number of hydrogen-bond donors (Lipinski definition) is 1. The fraction of sp³-hybridized carbons (Fsp3) is 0.364. The summed E-state index contributed by atoms with van der Waals surface area (Å²) in [4.78, 5) is 33.8. The Morgan fingerprint density at radius 1 is 1.20 bits per heavy atom. The van der Waals surface area contributed by atoms with Gasteiger partial charge in [0.15, 0.2) is 0 Å². The lowest BCUT2D eigenvalue weighted by Crippen LogP contribution is -2.43. The molecular weight excluding hydrogens is 398 g/mol. The second-order valence-corrected chi connectivity index (χ2v) is 8.97. The molecule has 1 unspecified atom stereocenters. The maximum atomic E-state index is 12.7. The summed E-state index contributed by atoms with van der Waals surface area (Å²) in [5.41, 5.74) is 1.52. The fourth-order valence-corrected chi connectivity index (χ4v) is 4.51. The molecular formula is C22H25N5O2S. The number of anilines is 1. The van der Waals surface area contributed by atoms with Crippen LogP contribution in [0.4, 0.5) is 5.82 Å². The van der Waals surface area contributed by atoms with Gasteiger partial charge in [0.2, 0.25) is 5.91 Å². The minimum Gasteiger partial charge on any atom is -0.310 e. The Bertz CT molecular complexity index is 1110. The van der Waals surface area contributed by atoms with E-state index >= 15 is 0 Å². The summed E-state index contributed by atoms with van der Waals surface area (Å²) >= 11 is 1.66. The predicted molar refractivity (Wildman–Crippen MR) is 118 cm³/mol. The van der Waals surface area contributed by atoms with Crippen molar-refractivity contribution >= 4 is 23.1 Å². The number of aromatic nitrogens is 3. The number of thiophene rings is 1. The average Bonchev–Trinajstić information content (AvgIpc) is 3.16. The van der Waals surface area contributed by atoms with Crippen LogP contribution in [-0.2, 0) is 11.5 Å². The van der Waals surface area contributed by atoms with Gasteiger partial charge in [-0.05, 0) is 63.6 Å². The number of nitrogens with zero attached hydrogens (tertiary/aromatic N) is 4. The lowest BCUT2D eigenvalue weighted by atomic mass is 9.97. The molecule has 0 aliphatic carbocycles. The summed E-state index contributed by atoms with van der Waals surface area (Å²) in [7, 11) is 0. The van der Waals surface area contributed by atoms with E-state index in [-0.39, 0.29) is 17.4 Å². The van der Waals surface area contributed by atoms with Crippen LogP contribution in [0.5, 0.6) is 0 Å². The number of amides is 1. The molecule has 0 spiro atoms. The summed E-state index contributed by atoms with van der Waals surface area (Å²) in [6.45, 7) is 5.75. The highest BCUT2D eigenvalue weighted by Crippen LogP contribution is 2.25. The van der Waals surface area contributed by atoms with Crippen LogP contribution in [0.15, 0.2) is 47.3 Å². The first kappa shape index (κ1) is 20.4. The van der Waals surface area contributed by atoms with Gasteiger partial charge in [-0.3, -0.25) is 14.5 Å².